The Bertz CT molecular complexity index is 1450. The summed E-state index contributed by atoms with van der Waals surface area (Å²) >= 11 is 0. The van der Waals surface area contributed by atoms with Crippen LogP contribution in [0.25, 0.3) is 11.1 Å². The first-order valence-corrected chi connectivity index (χ1v) is 13.4. The van der Waals surface area contributed by atoms with Gasteiger partial charge in [-0.1, -0.05) is 30.3 Å². The molecule has 10 heteroatoms. The predicted octanol–water partition coefficient (Wildman–Crippen LogP) is 4.05. The van der Waals surface area contributed by atoms with Crippen LogP contribution in [0, 0.1) is 17.2 Å². The Balaban J connectivity index is 1.77. The van der Waals surface area contributed by atoms with Gasteiger partial charge in [0.1, 0.15) is 5.82 Å². The number of aliphatic hydroxyl groups excluding tert-OH is 1. The number of rotatable bonds is 7. The first-order valence-electron chi connectivity index (χ1n) is 13.4. The molecule has 0 radical (unpaired) electrons. The van der Waals surface area contributed by atoms with Crippen molar-refractivity contribution in [2.75, 3.05) is 29.1 Å². The molecule has 2 atom stereocenters. The third kappa shape index (κ3) is 5.79. The third-order valence-corrected chi connectivity index (χ3v) is 8.02. The molecule has 0 aliphatic carbocycles. The van der Waals surface area contributed by atoms with Crippen molar-refractivity contribution >= 4 is 34.9 Å². The second-order valence-electron chi connectivity index (χ2n) is 11.0. The third-order valence-electron chi connectivity index (χ3n) is 8.02. The van der Waals surface area contributed by atoms with E-state index in [1.54, 1.807) is 51.1 Å². The van der Waals surface area contributed by atoms with Crippen molar-refractivity contribution in [1.82, 2.24) is 5.32 Å². The van der Waals surface area contributed by atoms with Gasteiger partial charge in [0.2, 0.25) is 11.8 Å². The SMILES string of the molecule is CC(C)(N)C(C)(C(=O)N(C(=O)NCCO)c1ccc(-c2ccccc2N)cc1)[C@H]1CCc2cc(F)ccc2NC1=O. The maximum absolute atomic E-state index is 14.6. The molecule has 1 heterocycles. The van der Waals surface area contributed by atoms with Gasteiger partial charge in [-0.15, -0.1) is 0 Å². The Labute approximate surface area is 238 Å². The van der Waals surface area contributed by atoms with E-state index < -0.39 is 40.5 Å². The van der Waals surface area contributed by atoms with Crippen LogP contribution in [0.15, 0.2) is 66.7 Å². The van der Waals surface area contributed by atoms with Crippen molar-refractivity contribution in [2.24, 2.45) is 17.1 Å². The molecule has 41 heavy (non-hydrogen) atoms. The number of aryl methyl sites for hydroxylation is 1. The number of nitrogens with zero attached hydrogens (tertiary/aromatic N) is 1. The second kappa shape index (κ2) is 11.7. The van der Waals surface area contributed by atoms with Gasteiger partial charge in [-0.25, -0.2) is 14.1 Å². The van der Waals surface area contributed by atoms with Gasteiger partial charge in [-0.2, -0.15) is 0 Å². The molecule has 0 saturated carbocycles. The fourth-order valence-electron chi connectivity index (χ4n) is 5.32. The summed E-state index contributed by atoms with van der Waals surface area (Å²) in [5.41, 5.74) is 13.4. The summed E-state index contributed by atoms with van der Waals surface area (Å²) in [6, 6.07) is 17.4. The summed E-state index contributed by atoms with van der Waals surface area (Å²) in [6.07, 6.45) is 0.517. The zero-order valence-corrected chi connectivity index (χ0v) is 23.4. The van der Waals surface area contributed by atoms with Crippen molar-refractivity contribution in [2.45, 2.75) is 39.2 Å². The van der Waals surface area contributed by atoms with Gasteiger partial charge >= 0.3 is 6.03 Å². The number of nitrogen functional groups attached to an aromatic ring is 1. The summed E-state index contributed by atoms with van der Waals surface area (Å²) in [7, 11) is 0. The highest BCUT2D eigenvalue weighted by Gasteiger charge is 2.56. The highest BCUT2D eigenvalue weighted by atomic mass is 19.1. The number of imide groups is 1. The van der Waals surface area contributed by atoms with Gasteiger partial charge in [-0.3, -0.25) is 9.59 Å². The van der Waals surface area contributed by atoms with Crippen molar-refractivity contribution in [1.29, 1.82) is 0 Å². The van der Waals surface area contributed by atoms with E-state index in [-0.39, 0.29) is 25.3 Å². The molecule has 216 valence electrons. The van der Waals surface area contributed by atoms with E-state index in [9.17, 15) is 23.9 Å². The van der Waals surface area contributed by atoms with Crippen LogP contribution in [-0.4, -0.2) is 41.6 Å². The van der Waals surface area contributed by atoms with Gasteiger partial charge in [0.25, 0.3) is 0 Å². The number of hydrogen-bond donors (Lipinski definition) is 5. The lowest BCUT2D eigenvalue weighted by Gasteiger charge is -2.46. The predicted molar refractivity (Wildman–Crippen MR) is 157 cm³/mol. The van der Waals surface area contributed by atoms with E-state index in [4.69, 9.17) is 11.5 Å². The largest absolute Gasteiger partial charge is 0.398 e. The van der Waals surface area contributed by atoms with Crippen LogP contribution in [0.3, 0.4) is 0 Å². The number of fused-ring (bicyclic) bond motifs is 1. The molecule has 0 aromatic heterocycles. The molecular formula is C31H36FN5O4. The number of carbonyl (C=O) groups excluding carboxylic acids is 3. The lowest BCUT2D eigenvalue weighted by atomic mass is 9.62. The summed E-state index contributed by atoms with van der Waals surface area (Å²) in [6.45, 7) is 4.44. The Morgan fingerprint density at radius 3 is 2.41 bits per heavy atom. The lowest BCUT2D eigenvalue weighted by molar-refractivity contribution is -0.141. The molecule has 1 aliphatic heterocycles. The fraction of sp³-hybridized carbons (Fsp3) is 0.323. The van der Waals surface area contributed by atoms with Crippen LogP contribution in [-0.2, 0) is 16.0 Å². The number of nitrogens with two attached hydrogens (primary N) is 2. The van der Waals surface area contributed by atoms with E-state index in [2.05, 4.69) is 10.6 Å². The van der Waals surface area contributed by atoms with Gasteiger partial charge < -0.3 is 27.2 Å². The number of benzene rings is 3. The first kappa shape index (κ1) is 29.7. The number of carbonyl (C=O) groups is 3. The van der Waals surface area contributed by atoms with Gasteiger partial charge in [-0.05, 0) is 81.1 Å². The number of urea groups is 1. The fourth-order valence-corrected chi connectivity index (χ4v) is 5.32. The van der Waals surface area contributed by atoms with Crippen molar-refractivity contribution in [3.05, 3.63) is 78.1 Å². The molecule has 4 amide bonds. The topological polar surface area (TPSA) is 151 Å². The monoisotopic (exact) mass is 561 g/mol. The molecule has 3 aromatic carbocycles. The van der Waals surface area contributed by atoms with Crippen molar-refractivity contribution in [3.63, 3.8) is 0 Å². The summed E-state index contributed by atoms with van der Waals surface area (Å²) in [5.74, 6) is -2.52. The normalized spacial score (nSPS) is 16.5. The van der Waals surface area contributed by atoms with Crippen LogP contribution in [0.2, 0.25) is 0 Å². The van der Waals surface area contributed by atoms with Gasteiger partial charge in [0.15, 0.2) is 0 Å². The van der Waals surface area contributed by atoms with E-state index in [0.29, 0.717) is 23.4 Å². The van der Waals surface area contributed by atoms with Gasteiger partial charge in [0, 0.05) is 29.0 Å². The molecule has 3 aromatic rings. The molecular weight excluding hydrogens is 525 g/mol. The van der Waals surface area contributed by atoms with Crippen LogP contribution in [0.5, 0.6) is 0 Å². The molecule has 0 saturated heterocycles. The number of anilines is 3. The Kier molecular flexibility index (Phi) is 8.46. The maximum atomic E-state index is 14.6. The smallest absolute Gasteiger partial charge is 0.328 e. The minimum Gasteiger partial charge on any atom is -0.398 e. The summed E-state index contributed by atoms with van der Waals surface area (Å²) in [4.78, 5) is 42.6. The molecule has 0 spiro atoms. The Morgan fingerprint density at radius 2 is 1.78 bits per heavy atom. The van der Waals surface area contributed by atoms with Crippen molar-refractivity contribution < 1.29 is 23.9 Å². The Hall–Kier alpha value is -4.28. The lowest BCUT2D eigenvalue weighted by Crippen LogP contribution is -2.65. The van der Waals surface area contributed by atoms with E-state index >= 15 is 0 Å². The summed E-state index contributed by atoms with van der Waals surface area (Å²) < 4.78 is 14.0. The molecule has 0 fully saturated rings. The van der Waals surface area contributed by atoms with Crippen LogP contribution >= 0.6 is 0 Å². The minimum atomic E-state index is -1.59. The zero-order valence-electron chi connectivity index (χ0n) is 23.4. The molecule has 9 nitrogen and oxygen atoms in total. The number of nitrogens with one attached hydrogen (secondary N) is 2. The van der Waals surface area contributed by atoms with Crippen LogP contribution < -0.4 is 27.0 Å². The highest BCUT2D eigenvalue weighted by molar-refractivity contribution is 6.17. The molecule has 4 rings (SSSR count). The number of hydrogen-bond acceptors (Lipinski definition) is 6. The van der Waals surface area contributed by atoms with Crippen molar-refractivity contribution in [3.8, 4) is 11.1 Å². The number of aliphatic hydroxyl groups is 1. The Morgan fingerprint density at radius 1 is 1.10 bits per heavy atom. The average Bonchev–Trinajstić information content (AvgIpc) is 3.09. The molecule has 1 unspecified atom stereocenters. The quantitative estimate of drug-likeness (QED) is 0.275. The average molecular weight is 562 g/mol. The highest BCUT2D eigenvalue weighted by Crippen LogP contribution is 2.44. The number of amides is 4. The standard InChI is InChI=1S/C31H36FN5O4/c1-30(2,34)31(3,24-14-10-20-18-21(32)11-15-26(20)36-27(24)39)28(40)37(29(41)35-16-17-38)22-12-8-19(9-13-22)23-6-4-5-7-25(23)33/h4-9,11-13,15,18,24,38H,10,14,16-17,33-34H2,1-3H3,(H,35,41)(H,36,39)/t24-,31?/m0/s1. The van der Waals surface area contributed by atoms with Crippen LogP contribution in [0.4, 0.5) is 26.2 Å². The van der Waals surface area contributed by atoms with E-state index in [1.165, 1.54) is 18.2 Å². The van der Waals surface area contributed by atoms with E-state index in [1.807, 2.05) is 18.2 Å². The summed E-state index contributed by atoms with van der Waals surface area (Å²) in [5, 5.41) is 14.7. The second-order valence-corrected chi connectivity index (χ2v) is 11.0. The first-order chi connectivity index (χ1) is 19.4. The maximum Gasteiger partial charge on any atom is 0.328 e. The number of para-hydroxylation sites is 1. The minimum absolute atomic E-state index is 0.0885. The van der Waals surface area contributed by atoms with Gasteiger partial charge in [0.05, 0.1) is 23.6 Å². The number of halogens is 1. The molecule has 1 aliphatic rings. The molecule has 0 bridgehead atoms. The van der Waals surface area contributed by atoms with Crippen LogP contribution in [0.1, 0.15) is 32.8 Å². The zero-order chi connectivity index (χ0) is 29.9. The van der Waals surface area contributed by atoms with E-state index in [0.717, 1.165) is 16.0 Å². The molecule has 7 N–H and O–H groups in total.